The van der Waals surface area contributed by atoms with Crippen LogP contribution in [0, 0.1) is 17.8 Å². The standard InChI is InChI=1S/C32H46O8/c1-18-8-7-9-22-17-36-28-27(35-6)20(3)12-25(32(22,28)34)29(33)37-24-13-23(14-26-30(5,15-18)40-26)39-31(16-24)11-10-19(2)21(4)38-31/h7-9,12,18-19,21,23-28,34H,10-11,13-17H2,1-6H3/b8-7+,22-9+/t18-,19-,21+,23-,24-,25-,26?,27+,28+,30?,31-,32+/m0/s1. The highest BCUT2D eigenvalue weighted by molar-refractivity contribution is 5.78. The van der Waals surface area contributed by atoms with Gasteiger partial charge in [0.05, 0.1) is 30.5 Å². The van der Waals surface area contributed by atoms with Crippen LogP contribution < -0.4 is 0 Å². The van der Waals surface area contributed by atoms with Crippen molar-refractivity contribution in [3.8, 4) is 0 Å². The highest BCUT2D eigenvalue weighted by Crippen LogP contribution is 2.50. The molecule has 4 fully saturated rings. The number of hydrogen-bond acceptors (Lipinski definition) is 8. The predicted octanol–water partition coefficient (Wildman–Crippen LogP) is 4.40. The van der Waals surface area contributed by atoms with Crippen molar-refractivity contribution in [2.24, 2.45) is 17.8 Å². The number of ether oxygens (including phenoxy) is 6. The van der Waals surface area contributed by atoms with Crippen molar-refractivity contribution in [3.05, 3.63) is 35.5 Å². The van der Waals surface area contributed by atoms with Crippen molar-refractivity contribution in [1.29, 1.82) is 0 Å². The van der Waals surface area contributed by atoms with Crippen LogP contribution >= 0.6 is 0 Å². The molecule has 2 bridgehead atoms. The van der Waals surface area contributed by atoms with Gasteiger partial charge >= 0.3 is 5.97 Å². The van der Waals surface area contributed by atoms with Gasteiger partial charge in [-0.15, -0.1) is 0 Å². The Bertz CT molecular complexity index is 1100. The Morgan fingerprint density at radius 2 is 1.88 bits per heavy atom. The number of rotatable bonds is 1. The molecule has 0 aromatic carbocycles. The molecule has 40 heavy (non-hydrogen) atoms. The summed E-state index contributed by atoms with van der Waals surface area (Å²) in [6, 6.07) is 0. The van der Waals surface area contributed by atoms with Gasteiger partial charge in [-0.2, -0.15) is 0 Å². The first-order valence-corrected chi connectivity index (χ1v) is 15.1. The second-order valence-electron chi connectivity index (χ2n) is 13.5. The number of epoxide rings is 1. The highest BCUT2D eigenvalue weighted by atomic mass is 16.7. The number of hydrogen-bond donors (Lipinski definition) is 1. The molecule has 1 N–H and O–H groups in total. The maximum absolute atomic E-state index is 14.0. The van der Waals surface area contributed by atoms with Gasteiger partial charge in [0.2, 0.25) is 0 Å². The van der Waals surface area contributed by atoms with Crippen LogP contribution in [0.5, 0.6) is 0 Å². The zero-order valence-corrected chi connectivity index (χ0v) is 24.8. The summed E-state index contributed by atoms with van der Waals surface area (Å²) in [6.45, 7) is 10.8. The van der Waals surface area contributed by atoms with E-state index in [4.69, 9.17) is 28.4 Å². The number of methoxy groups -OCH3 is 1. The van der Waals surface area contributed by atoms with Crippen LogP contribution in [-0.4, -0.2) is 78.4 Å². The summed E-state index contributed by atoms with van der Waals surface area (Å²) < 4.78 is 37.6. The van der Waals surface area contributed by atoms with E-state index in [1.807, 2.05) is 25.2 Å². The first kappa shape index (κ1) is 28.6. The number of esters is 1. The Kier molecular flexibility index (Phi) is 7.37. The zero-order chi connectivity index (χ0) is 28.4. The topological polar surface area (TPSA) is 96.0 Å². The predicted molar refractivity (Wildman–Crippen MR) is 147 cm³/mol. The summed E-state index contributed by atoms with van der Waals surface area (Å²) in [7, 11) is 1.60. The fourth-order valence-electron chi connectivity index (χ4n) is 7.87. The minimum atomic E-state index is -1.56. The van der Waals surface area contributed by atoms with E-state index >= 15 is 0 Å². The van der Waals surface area contributed by atoms with E-state index in [-0.39, 0.29) is 36.4 Å². The second-order valence-corrected chi connectivity index (χ2v) is 13.5. The number of aliphatic hydroxyl groups is 1. The molecule has 2 unspecified atom stereocenters. The smallest absolute Gasteiger partial charge is 0.316 e. The summed E-state index contributed by atoms with van der Waals surface area (Å²) in [5.41, 5.74) is -0.270. The average Bonchev–Trinajstić information content (AvgIpc) is 3.37. The van der Waals surface area contributed by atoms with Gasteiger partial charge in [0.1, 0.15) is 29.8 Å². The molecule has 0 amide bonds. The highest BCUT2D eigenvalue weighted by Gasteiger charge is 2.61. The van der Waals surface area contributed by atoms with Crippen LogP contribution in [0.25, 0.3) is 0 Å². The fourth-order valence-corrected chi connectivity index (χ4v) is 7.87. The Hall–Kier alpha value is -1.55. The van der Waals surface area contributed by atoms with Crippen LogP contribution in [0.1, 0.15) is 73.1 Å². The second kappa shape index (κ2) is 10.3. The average molecular weight is 559 g/mol. The normalized spacial score (nSPS) is 53.0. The van der Waals surface area contributed by atoms with Crippen LogP contribution in [-0.2, 0) is 33.2 Å². The SMILES string of the molecule is CO[C@@H]1C(C)=C[C@H]2C(=O)O[C@H]3C[C@@H](CC4OC4(C)C[C@@H](C)/C=C/C=C4\CO[C@H]1[C@@]42O)O[C@@]1(CC[C@H](C)[C@@H](C)O1)C3. The van der Waals surface area contributed by atoms with Crippen LogP contribution in [0.3, 0.4) is 0 Å². The Morgan fingerprint density at radius 3 is 2.62 bits per heavy atom. The number of fused-ring (bicyclic) bond motifs is 3. The molecule has 8 heteroatoms. The van der Waals surface area contributed by atoms with E-state index in [1.54, 1.807) is 7.11 Å². The summed E-state index contributed by atoms with van der Waals surface area (Å²) in [5.74, 6) is -1.44. The molecule has 6 aliphatic rings. The van der Waals surface area contributed by atoms with E-state index in [0.717, 1.165) is 31.3 Å². The van der Waals surface area contributed by atoms with E-state index in [2.05, 4.69) is 33.8 Å². The molecular weight excluding hydrogens is 512 g/mol. The molecule has 5 aliphatic heterocycles. The molecule has 8 nitrogen and oxygen atoms in total. The van der Waals surface area contributed by atoms with Gasteiger partial charge < -0.3 is 33.5 Å². The van der Waals surface area contributed by atoms with Crippen molar-refractivity contribution < 1.29 is 38.3 Å². The zero-order valence-electron chi connectivity index (χ0n) is 24.8. The van der Waals surface area contributed by atoms with Crippen LogP contribution in [0.2, 0.25) is 0 Å². The quantitative estimate of drug-likeness (QED) is 0.288. The van der Waals surface area contributed by atoms with E-state index in [1.165, 1.54) is 0 Å². The third-order valence-electron chi connectivity index (χ3n) is 10.4. The lowest BCUT2D eigenvalue weighted by molar-refractivity contribution is -0.333. The van der Waals surface area contributed by atoms with Crippen molar-refractivity contribution in [2.45, 2.75) is 127 Å². The largest absolute Gasteiger partial charge is 0.462 e. The summed E-state index contributed by atoms with van der Waals surface area (Å²) in [4.78, 5) is 14.0. The lowest BCUT2D eigenvalue weighted by atomic mass is 9.70. The maximum atomic E-state index is 14.0. The van der Waals surface area contributed by atoms with Crippen LogP contribution in [0.15, 0.2) is 35.5 Å². The van der Waals surface area contributed by atoms with Gasteiger partial charge in [-0.05, 0) is 56.6 Å². The summed E-state index contributed by atoms with van der Waals surface area (Å²) in [6.07, 6.45) is 10.7. The Morgan fingerprint density at radius 1 is 1.07 bits per heavy atom. The third kappa shape index (κ3) is 4.92. The monoisotopic (exact) mass is 558 g/mol. The van der Waals surface area contributed by atoms with Gasteiger partial charge in [-0.25, -0.2) is 0 Å². The van der Waals surface area contributed by atoms with Gasteiger partial charge in [0.25, 0.3) is 0 Å². The molecule has 222 valence electrons. The molecule has 0 saturated carbocycles. The Balaban J connectivity index is 1.36. The van der Waals surface area contributed by atoms with Crippen molar-refractivity contribution >= 4 is 5.97 Å². The molecule has 0 aromatic rings. The van der Waals surface area contributed by atoms with Crippen LogP contribution in [0.4, 0.5) is 0 Å². The lowest BCUT2D eigenvalue weighted by Gasteiger charge is -2.49. The number of carbonyl (C=O) groups excluding carboxylic acids is 1. The minimum Gasteiger partial charge on any atom is -0.462 e. The van der Waals surface area contributed by atoms with Crippen molar-refractivity contribution in [1.82, 2.24) is 0 Å². The van der Waals surface area contributed by atoms with Gasteiger partial charge in [0.15, 0.2) is 5.79 Å². The molecule has 12 atom stereocenters. The molecule has 0 aromatic heterocycles. The summed E-state index contributed by atoms with van der Waals surface area (Å²) >= 11 is 0. The van der Waals surface area contributed by atoms with Crippen molar-refractivity contribution in [2.75, 3.05) is 13.7 Å². The molecule has 1 spiro atoms. The minimum absolute atomic E-state index is 0.0523. The number of carbonyl (C=O) groups is 1. The van der Waals surface area contributed by atoms with Gasteiger partial charge in [-0.1, -0.05) is 38.2 Å². The van der Waals surface area contributed by atoms with E-state index in [0.29, 0.717) is 24.3 Å². The Labute approximate surface area is 238 Å². The molecule has 0 radical (unpaired) electrons. The first-order chi connectivity index (χ1) is 19.0. The molecule has 5 heterocycles. The lowest BCUT2D eigenvalue weighted by Crippen LogP contribution is -2.58. The molecule has 6 rings (SSSR count). The van der Waals surface area contributed by atoms with Gasteiger partial charge in [-0.3, -0.25) is 4.79 Å². The molecular formula is C32H46O8. The fraction of sp³-hybridized carbons (Fsp3) is 0.781. The first-order valence-electron chi connectivity index (χ1n) is 15.1. The summed E-state index contributed by atoms with van der Waals surface area (Å²) in [5, 5.41) is 12.3. The van der Waals surface area contributed by atoms with Crippen molar-refractivity contribution in [3.63, 3.8) is 0 Å². The molecule has 1 aliphatic carbocycles. The maximum Gasteiger partial charge on any atom is 0.316 e. The van der Waals surface area contributed by atoms with Gasteiger partial charge in [0, 0.05) is 32.8 Å². The number of allylic oxidation sites excluding steroid dienone is 3. The van der Waals surface area contributed by atoms with E-state index in [9.17, 15) is 9.90 Å². The molecule has 4 saturated heterocycles. The van der Waals surface area contributed by atoms with E-state index < -0.39 is 41.6 Å². The third-order valence-corrected chi connectivity index (χ3v) is 10.4.